The number of thioether (sulfide) groups is 1. The number of halogens is 1. The molecule has 1 aromatic heterocycles. The van der Waals surface area contributed by atoms with Crippen LogP contribution in [0.3, 0.4) is 0 Å². The number of carboxylic acid groups (broad SMARTS) is 1. The van der Waals surface area contributed by atoms with Crippen LogP contribution in [0.25, 0.3) is 10.9 Å². The molecule has 0 bridgehead atoms. The second-order valence-corrected chi connectivity index (χ2v) is 10.5. The number of ether oxygens (including phenoxy) is 1. The molecule has 0 spiro atoms. The van der Waals surface area contributed by atoms with Crippen LogP contribution >= 0.6 is 23.4 Å². The number of aromatic amines is 1. The second kappa shape index (κ2) is 10.1. The molecule has 3 aliphatic heterocycles. The fourth-order valence-corrected chi connectivity index (χ4v) is 6.18. The van der Waals surface area contributed by atoms with Crippen molar-refractivity contribution in [2.75, 3.05) is 43.9 Å². The van der Waals surface area contributed by atoms with Crippen molar-refractivity contribution in [2.24, 2.45) is 4.99 Å². The zero-order valence-electron chi connectivity index (χ0n) is 18.5. The molecule has 0 aliphatic carbocycles. The SMILES string of the molecule is O=C(O)N[C@H]1CCN(CC[C@@H]2CSC(c3cc4cc(Cl)cc(NC5CCOCC5)c4[nH]3)=N2)C1. The number of nitrogens with one attached hydrogen (secondary N) is 3. The lowest BCUT2D eigenvalue weighted by Crippen LogP contribution is -2.36. The zero-order valence-corrected chi connectivity index (χ0v) is 20.1. The highest BCUT2D eigenvalue weighted by atomic mass is 35.5. The van der Waals surface area contributed by atoms with E-state index in [2.05, 4.69) is 26.6 Å². The fourth-order valence-electron chi connectivity index (χ4n) is 4.87. The van der Waals surface area contributed by atoms with Gasteiger partial charge in [0.15, 0.2) is 0 Å². The van der Waals surface area contributed by atoms with Crippen molar-refractivity contribution in [1.82, 2.24) is 15.2 Å². The summed E-state index contributed by atoms with van der Waals surface area (Å²) in [5, 5.41) is 18.0. The number of hydrogen-bond donors (Lipinski definition) is 4. The highest BCUT2D eigenvalue weighted by Gasteiger charge is 2.26. The first-order valence-electron chi connectivity index (χ1n) is 11.6. The number of amides is 1. The number of aromatic nitrogens is 1. The summed E-state index contributed by atoms with van der Waals surface area (Å²) in [6, 6.07) is 6.86. The van der Waals surface area contributed by atoms with Gasteiger partial charge in [-0.3, -0.25) is 4.99 Å². The van der Waals surface area contributed by atoms with Gasteiger partial charge in [0.05, 0.1) is 22.9 Å². The molecule has 3 aliphatic rings. The van der Waals surface area contributed by atoms with Gasteiger partial charge in [-0.05, 0) is 43.9 Å². The van der Waals surface area contributed by atoms with Crippen molar-refractivity contribution in [3.05, 3.63) is 28.9 Å². The molecule has 33 heavy (non-hydrogen) atoms. The summed E-state index contributed by atoms with van der Waals surface area (Å²) >= 11 is 8.22. The summed E-state index contributed by atoms with van der Waals surface area (Å²) < 4.78 is 5.48. The van der Waals surface area contributed by atoms with E-state index in [0.29, 0.717) is 6.04 Å². The van der Waals surface area contributed by atoms with Crippen molar-refractivity contribution < 1.29 is 14.6 Å². The fraction of sp³-hybridized carbons (Fsp3) is 0.565. The number of anilines is 1. The van der Waals surface area contributed by atoms with E-state index in [9.17, 15) is 4.79 Å². The average molecular weight is 492 g/mol. The number of aliphatic imine (C=N–C) groups is 1. The molecule has 178 valence electrons. The lowest BCUT2D eigenvalue weighted by Gasteiger charge is -2.24. The van der Waals surface area contributed by atoms with Gasteiger partial charge >= 0.3 is 6.09 Å². The Morgan fingerprint density at radius 2 is 2.12 bits per heavy atom. The van der Waals surface area contributed by atoms with Crippen LogP contribution in [0.1, 0.15) is 31.4 Å². The number of rotatable bonds is 7. The Kier molecular flexibility index (Phi) is 7.01. The van der Waals surface area contributed by atoms with Gasteiger partial charge in [0.25, 0.3) is 0 Å². The topological polar surface area (TPSA) is 102 Å². The minimum Gasteiger partial charge on any atom is -0.465 e. The standard InChI is InChI=1S/C23H30ClN5O3S/c24-15-9-14-10-20(28-21(14)19(11-15)25-16-3-7-32-8-4-16)22-26-18(13-33-22)2-6-29-5-1-17(12-29)27-23(30)31/h9-11,16-18,25,27-28H,1-8,12-13H2,(H,30,31)/t17-,18+/m0/s1. The molecule has 4 heterocycles. The highest BCUT2D eigenvalue weighted by Crippen LogP contribution is 2.33. The van der Waals surface area contributed by atoms with Crippen molar-refractivity contribution in [3.63, 3.8) is 0 Å². The van der Waals surface area contributed by atoms with E-state index in [-0.39, 0.29) is 12.1 Å². The molecular weight excluding hydrogens is 462 g/mol. The van der Waals surface area contributed by atoms with E-state index < -0.39 is 6.09 Å². The molecule has 1 amide bonds. The Morgan fingerprint density at radius 1 is 1.27 bits per heavy atom. The number of nitrogens with zero attached hydrogens (tertiary/aromatic N) is 2. The molecule has 10 heteroatoms. The molecular formula is C23H30ClN5O3S. The number of benzene rings is 1. The van der Waals surface area contributed by atoms with Crippen LogP contribution in [0.4, 0.5) is 10.5 Å². The number of fused-ring (bicyclic) bond motifs is 1. The van der Waals surface area contributed by atoms with Crippen molar-refractivity contribution in [3.8, 4) is 0 Å². The zero-order chi connectivity index (χ0) is 22.8. The molecule has 4 N–H and O–H groups in total. The predicted molar refractivity (Wildman–Crippen MR) is 134 cm³/mol. The summed E-state index contributed by atoms with van der Waals surface area (Å²) in [6.07, 6.45) is 2.92. The van der Waals surface area contributed by atoms with Gasteiger partial charge in [0.1, 0.15) is 5.04 Å². The van der Waals surface area contributed by atoms with Crippen molar-refractivity contribution in [2.45, 2.75) is 43.8 Å². The highest BCUT2D eigenvalue weighted by molar-refractivity contribution is 8.14. The quantitative estimate of drug-likeness (QED) is 0.467. The van der Waals surface area contributed by atoms with E-state index >= 15 is 0 Å². The smallest absolute Gasteiger partial charge is 0.404 e. The van der Waals surface area contributed by atoms with Gasteiger partial charge < -0.3 is 30.4 Å². The molecule has 1 aromatic carbocycles. The first-order chi connectivity index (χ1) is 16.0. The van der Waals surface area contributed by atoms with E-state index in [4.69, 9.17) is 26.4 Å². The maximum atomic E-state index is 10.8. The summed E-state index contributed by atoms with van der Waals surface area (Å²) in [4.78, 5) is 21.7. The molecule has 2 fully saturated rings. The van der Waals surface area contributed by atoms with E-state index in [1.807, 2.05) is 12.1 Å². The van der Waals surface area contributed by atoms with Crippen LogP contribution in [-0.2, 0) is 4.74 Å². The molecule has 0 saturated carbocycles. The Balaban J connectivity index is 1.23. The Bertz CT molecular complexity index is 1040. The first kappa shape index (κ1) is 22.8. The van der Waals surface area contributed by atoms with Gasteiger partial charge in [-0.2, -0.15) is 0 Å². The maximum absolute atomic E-state index is 10.8. The summed E-state index contributed by atoms with van der Waals surface area (Å²) in [5.74, 6) is 0.975. The molecule has 8 nitrogen and oxygen atoms in total. The maximum Gasteiger partial charge on any atom is 0.404 e. The summed E-state index contributed by atoms with van der Waals surface area (Å²) in [6.45, 7) is 4.25. The van der Waals surface area contributed by atoms with Gasteiger partial charge in [0, 0.05) is 61.1 Å². The number of hydrogen-bond acceptors (Lipinski definition) is 6. The number of H-pyrrole nitrogens is 1. The third kappa shape index (κ3) is 5.59. The number of likely N-dealkylation sites (tertiary alicyclic amines) is 1. The number of carbonyl (C=O) groups is 1. The van der Waals surface area contributed by atoms with Gasteiger partial charge in [-0.25, -0.2) is 4.79 Å². The van der Waals surface area contributed by atoms with Crippen molar-refractivity contribution in [1.29, 1.82) is 0 Å². The van der Waals surface area contributed by atoms with Crippen molar-refractivity contribution >= 4 is 51.1 Å². The molecule has 2 atom stereocenters. The third-order valence-corrected chi connectivity index (χ3v) is 7.96. The van der Waals surface area contributed by atoms with Gasteiger partial charge in [-0.1, -0.05) is 11.6 Å². The minimum absolute atomic E-state index is 0.0432. The van der Waals surface area contributed by atoms with Crippen LogP contribution in [0.15, 0.2) is 23.2 Å². The van der Waals surface area contributed by atoms with E-state index in [0.717, 1.165) is 96.6 Å². The van der Waals surface area contributed by atoms with Crippen LogP contribution in [0, 0.1) is 0 Å². The molecule has 5 rings (SSSR count). The molecule has 0 unspecified atom stereocenters. The minimum atomic E-state index is -0.936. The Morgan fingerprint density at radius 3 is 2.94 bits per heavy atom. The van der Waals surface area contributed by atoms with Crippen LogP contribution in [0.5, 0.6) is 0 Å². The molecule has 2 saturated heterocycles. The van der Waals surface area contributed by atoms with Gasteiger partial charge in [-0.15, -0.1) is 11.8 Å². The predicted octanol–water partition coefficient (Wildman–Crippen LogP) is 4.01. The summed E-state index contributed by atoms with van der Waals surface area (Å²) in [7, 11) is 0. The molecule has 2 aromatic rings. The summed E-state index contributed by atoms with van der Waals surface area (Å²) in [5.41, 5.74) is 3.15. The van der Waals surface area contributed by atoms with Crippen LogP contribution in [0.2, 0.25) is 5.02 Å². The first-order valence-corrected chi connectivity index (χ1v) is 13.0. The lowest BCUT2D eigenvalue weighted by molar-refractivity contribution is 0.0905. The van der Waals surface area contributed by atoms with Gasteiger partial charge in [0.2, 0.25) is 0 Å². The largest absolute Gasteiger partial charge is 0.465 e. The Hall–Kier alpha value is -1.94. The monoisotopic (exact) mass is 491 g/mol. The van der Waals surface area contributed by atoms with Crippen LogP contribution in [-0.4, -0.2) is 82.9 Å². The van der Waals surface area contributed by atoms with E-state index in [1.54, 1.807) is 11.8 Å². The third-order valence-electron chi connectivity index (χ3n) is 6.60. The lowest BCUT2D eigenvalue weighted by atomic mass is 10.1. The second-order valence-electron chi connectivity index (χ2n) is 9.06. The van der Waals surface area contributed by atoms with E-state index in [1.165, 1.54) is 0 Å². The molecule has 0 radical (unpaired) electrons. The normalized spacial score (nSPS) is 24.3. The Labute approximate surface area is 202 Å². The van der Waals surface area contributed by atoms with Crippen LogP contribution < -0.4 is 10.6 Å². The average Bonchev–Trinajstić information content (AvgIpc) is 3.52.